The molecule has 0 aromatic rings. The molecule has 18 heavy (non-hydrogen) atoms. The second-order valence-electron chi connectivity index (χ2n) is 4.57. The minimum absolute atomic E-state index is 1.00. The highest BCUT2D eigenvalue weighted by Crippen LogP contribution is 2.02. The van der Waals surface area contributed by atoms with Crippen molar-refractivity contribution >= 4 is 0 Å². The number of hydrogen-bond acceptors (Lipinski definition) is 4. The summed E-state index contributed by atoms with van der Waals surface area (Å²) in [5.74, 6) is 0. The van der Waals surface area contributed by atoms with Crippen LogP contribution in [0.25, 0.3) is 0 Å². The van der Waals surface area contributed by atoms with E-state index in [4.69, 9.17) is 14.2 Å². The molecule has 4 rings (SSSR count). The summed E-state index contributed by atoms with van der Waals surface area (Å²) in [5, 5.41) is 0. The summed E-state index contributed by atoms with van der Waals surface area (Å²) in [6, 6.07) is 0. The molecule has 0 spiro atoms. The first-order valence-electron chi connectivity index (χ1n) is 7.31. The fourth-order valence-corrected chi connectivity index (χ4v) is 1.34. The van der Waals surface area contributed by atoms with Gasteiger partial charge in [-0.3, -0.25) is 0 Å². The Morgan fingerprint density at radius 1 is 0.278 bits per heavy atom. The third kappa shape index (κ3) is 13.9. The fourth-order valence-electron chi connectivity index (χ4n) is 1.34. The molecule has 4 heteroatoms. The van der Waals surface area contributed by atoms with Crippen LogP contribution in [0.15, 0.2) is 0 Å². The lowest BCUT2D eigenvalue weighted by Gasteiger charge is -2.09. The van der Waals surface area contributed by atoms with Crippen LogP contribution in [0.5, 0.6) is 0 Å². The van der Waals surface area contributed by atoms with Gasteiger partial charge in [0.05, 0.1) is 13.2 Å². The Bertz CT molecular complexity index is 124. The summed E-state index contributed by atoms with van der Waals surface area (Å²) >= 11 is 0. The van der Waals surface area contributed by atoms with Gasteiger partial charge in [0, 0.05) is 39.6 Å². The molecular formula is C14H28O4. The molecule has 0 aromatic carbocycles. The van der Waals surface area contributed by atoms with E-state index in [2.05, 4.69) is 4.74 Å². The first-order valence-corrected chi connectivity index (χ1v) is 7.31. The van der Waals surface area contributed by atoms with Gasteiger partial charge in [-0.1, -0.05) is 0 Å². The monoisotopic (exact) mass is 260 g/mol. The van der Waals surface area contributed by atoms with Crippen molar-refractivity contribution in [2.75, 3.05) is 52.9 Å². The van der Waals surface area contributed by atoms with E-state index in [1.165, 1.54) is 38.5 Å². The Balaban J connectivity index is 0.000000123. The third-order valence-corrected chi connectivity index (χ3v) is 2.69. The van der Waals surface area contributed by atoms with Crippen LogP contribution in [0.1, 0.15) is 38.5 Å². The lowest BCUT2D eigenvalue weighted by Crippen LogP contribution is -2.09. The largest absolute Gasteiger partial charge is 0.381 e. The molecule has 0 amide bonds. The van der Waals surface area contributed by atoms with E-state index in [1.54, 1.807) is 0 Å². The minimum Gasteiger partial charge on any atom is -0.381 e. The zero-order valence-corrected chi connectivity index (χ0v) is 11.5. The summed E-state index contributed by atoms with van der Waals surface area (Å²) in [6.45, 7) is 8.00. The molecule has 108 valence electrons. The van der Waals surface area contributed by atoms with Gasteiger partial charge in [0.15, 0.2) is 0 Å². The highest BCUT2D eigenvalue weighted by molar-refractivity contribution is 4.45. The molecule has 0 unspecified atom stereocenters. The molecule has 0 aromatic heterocycles. The van der Waals surface area contributed by atoms with Crippen molar-refractivity contribution in [3.05, 3.63) is 0 Å². The summed E-state index contributed by atoms with van der Waals surface area (Å²) < 4.78 is 19.2. The Morgan fingerprint density at radius 2 is 0.611 bits per heavy atom. The van der Waals surface area contributed by atoms with Crippen LogP contribution in [0.2, 0.25) is 0 Å². The Labute approximate surface area is 111 Å². The number of ether oxygens (including phenoxy) is 4. The average Bonchev–Trinajstić information content (AvgIpc) is 3.12. The van der Waals surface area contributed by atoms with Crippen molar-refractivity contribution in [3.8, 4) is 0 Å². The molecule has 0 atom stereocenters. The SMILES string of the molecule is C1CCOC1.C1CCOCC1.C1CO1.C1COC1. The molecule has 4 nitrogen and oxygen atoms in total. The van der Waals surface area contributed by atoms with Gasteiger partial charge in [0.1, 0.15) is 0 Å². The second kappa shape index (κ2) is 13.3. The van der Waals surface area contributed by atoms with Crippen LogP contribution in [0.3, 0.4) is 0 Å². The van der Waals surface area contributed by atoms with Crippen LogP contribution in [0, 0.1) is 0 Å². The van der Waals surface area contributed by atoms with Gasteiger partial charge in [0.25, 0.3) is 0 Å². The van der Waals surface area contributed by atoms with E-state index in [0.717, 1.165) is 52.9 Å². The summed E-state index contributed by atoms with van der Waals surface area (Å²) in [5.41, 5.74) is 0. The summed E-state index contributed by atoms with van der Waals surface area (Å²) in [4.78, 5) is 0. The third-order valence-electron chi connectivity index (χ3n) is 2.69. The van der Waals surface area contributed by atoms with Gasteiger partial charge in [-0.15, -0.1) is 0 Å². The topological polar surface area (TPSA) is 40.2 Å². The van der Waals surface area contributed by atoms with E-state index in [-0.39, 0.29) is 0 Å². The van der Waals surface area contributed by atoms with Crippen LogP contribution in [0.4, 0.5) is 0 Å². The standard InChI is InChI=1S/C5H10O.C4H8O.C3H6O.C2H4O/c1-2-4-6-5-3-1;1-2-4-5-3-1;1-2-4-3-1;1-2-3-1/h1-5H2;1-4H2;1-3H2;1-2H2. The molecule has 4 heterocycles. The highest BCUT2D eigenvalue weighted by atomic mass is 16.6. The Morgan fingerprint density at radius 3 is 0.722 bits per heavy atom. The summed E-state index contributed by atoms with van der Waals surface area (Å²) in [6.07, 6.45) is 7.76. The van der Waals surface area contributed by atoms with Gasteiger partial charge < -0.3 is 18.9 Å². The number of hydrogen-bond donors (Lipinski definition) is 0. The van der Waals surface area contributed by atoms with E-state index in [1.807, 2.05) is 0 Å². The van der Waals surface area contributed by atoms with Gasteiger partial charge in [-0.05, 0) is 38.5 Å². The lowest BCUT2D eigenvalue weighted by molar-refractivity contribution is 0.0367. The van der Waals surface area contributed by atoms with E-state index in [0.29, 0.717) is 0 Å². The zero-order chi connectivity index (χ0) is 12.7. The zero-order valence-electron chi connectivity index (χ0n) is 11.5. The lowest BCUT2D eigenvalue weighted by atomic mass is 10.2. The predicted octanol–water partition coefficient (Wildman–Crippen LogP) is 2.41. The normalized spacial score (nSPS) is 24.0. The molecule has 4 fully saturated rings. The van der Waals surface area contributed by atoms with Crippen molar-refractivity contribution in [3.63, 3.8) is 0 Å². The van der Waals surface area contributed by atoms with Gasteiger partial charge in [-0.25, -0.2) is 0 Å². The minimum atomic E-state index is 1.00. The maximum Gasteiger partial charge on any atom is 0.0701 e. The fraction of sp³-hybridized carbons (Fsp3) is 1.00. The summed E-state index contributed by atoms with van der Waals surface area (Å²) in [7, 11) is 0. The predicted molar refractivity (Wildman–Crippen MR) is 71.0 cm³/mol. The van der Waals surface area contributed by atoms with Crippen LogP contribution in [-0.4, -0.2) is 52.9 Å². The number of epoxide rings is 1. The quantitative estimate of drug-likeness (QED) is 0.627. The maximum absolute atomic E-state index is 5.07. The number of rotatable bonds is 0. The van der Waals surface area contributed by atoms with E-state index in [9.17, 15) is 0 Å². The highest BCUT2D eigenvalue weighted by Gasteiger charge is 1.95. The van der Waals surface area contributed by atoms with Crippen molar-refractivity contribution in [1.82, 2.24) is 0 Å². The van der Waals surface area contributed by atoms with Gasteiger partial charge >= 0.3 is 0 Å². The van der Waals surface area contributed by atoms with E-state index >= 15 is 0 Å². The van der Waals surface area contributed by atoms with Crippen LogP contribution in [-0.2, 0) is 18.9 Å². The van der Waals surface area contributed by atoms with Crippen molar-refractivity contribution in [1.29, 1.82) is 0 Å². The van der Waals surface area contributed by atoms with Crippen LogP contribution < -0.4 is 0 Å². The van der Waals surface area contributed by atoms with Crippen molar-refractivity contribution in [2.24, 2.45) is 0 Å². The molecule has 4 aliphatic rings. The van der Waals surface area contributed by atoms with E-state index < -0.39 is 0 Å². The van der Waals surface area contributed by atoms with Crippen LogP contribution >= 0.6 is 0 Å². The smallest absolute Gasteiger partial charge is 0.0701 e. The maximum atomic E-state index is 5.07. The molecule has 4 saturated heterocycles. The molecule has 0 bridgehead atoms. The molecule has 0 saturated carbocycles. The first kappa shape index (κ1) is 15.9. The molecule has 4 aliphatic heterocycles. The van der Waals surface area contributed by atoms with Gasteiger partial charge in [-0.2, -0.15) is 0 Å². The molecule has 0 radical (unpaired) electrons. The average molecular weight is 260 g/mol. The van der Waals surface area contributed by atoms with Crippen molar-refractivity contribution in [2.45, 2.75) is 38.5 Å². The molecular weight excluding hydrogens is 232 g/mol. The molecule has 0 N–H and O–H groups in total. The second-order valence-corrected chi connectivity index (χ2v) is 4.57. The van der Waals surface area contributed by atoms with Gasteiger partial charge in [0.2, 0.25) is 0 Å². The van der Waals surface area contributed by atoms with Crippen molar-refractivity contribution < 1.29 is 18.9 Å². The molecule has 0 aliphatic carbocycles. The Hall–Kier alpha value is -0.160. The first-order chi connectivity index (χ1) is 9.00. The Kier molecular flexibility index (Phi) is 11.7.